The fourth-order valence-corrected chi connectivity index (χ4v) is 6.72. The van der Waals surface area contributed by atoms with E-state index in [1.54, 1.807) is 12.1 Å². The first-order valence-corrected chi connectivity index (χ1v) is 16.2. The van der Waals surface area contributed by atoms with Crippen molar-refractivity contribution in [2.24, 2.45) is 0 Å². The minimum absolute atomic E-state index is 0.413. The van der Waals surface area contributed by atoms with E-state index in [4.69, 9.17) is 18.9 Å². The topological polar surface area (TPSA) is 71.1 Å². The Kier molecular flexibility index (Phi) is 7.82. The third-order valence-electron chi connectivity index (χ3n) is 9.05. The van der Waals surface area contributed by atoms with Crippen LogP contribution in [0.5, 0.6) is 23.0 Å². The van der Waals surface area contributed by atoms with Gasteiger partial charge in [0.25, 0.3) is 0 Å². The monoisotopic (exact) mass is 654 g/mol. The molecule has 6 heteroatoms. The van der Waals surface area contributed by atoms with E-state index in [0.717, 1.165) is 54.2 Å². The lowest BCUT2D eigenvalue weighted by Gasteiger charge is -2.21. The molecule has 0 radical (unpaired) electrons. The predicted octanol–water partition coefficient (Wildman–Crippen LogP) is 11.1. The van der Waals surface area contributed by atoms with Crippen LogP contribution in [0.4, 0.5) is 0 Å². The highest BCUT2D eigenvalue weighted by molar-refractivity contribution is 6.11. The van der Waals surface area contributed by atoms with Crippen LogP contribution in [-0.2, 0) is 9.47 Å². The average molecular weight is 655 g/mol. The van der Waals surface area contributed by atoms with Gasteiger partial charge in [-0.1, -0.05) is 109 Å². The van der Waals surface area contributed by atoms with Crippen LogP contribution < -0.4 is 9.47 Å². The fourth-order valence-electron chi connectivity index (χ4n) is 6.72. The van der Waals surface area contributed by atoms with Crippen LogP contribution in [0.15, 0.2) is 146 Å². The molecule has 0 saturated heterocycles. The van der Waals surface area contributed by atoms with E-state index in [1.807, 2.05) is 109 Å². The molecule has 8 rings (SSSR count). The number of esters is 2. The Hall–Kier alpha value is -6.66. The zero-order chi connectivity index (χ0) is 34.2. The molecule has 0 heterocycles. The summed E-state index contributed by atoms with van der Waals surface area (Å²) in [5.74, 6) is 1.60. The standard InChI is InChI=1S/C44H30O6/c1-47-43(45)35-21-25-37(33-17-9-7-15-31(33)35)49-39-23-19-27-11-3-5-13-29(27)41(39)42-30-14-6-4-12-28(30)20-24-40(42)50-38-26-22-36(44(46)48-2)32-16-8-10-18-34(32)38/h3-26H,1-2H3. The van der Waals surface area contributed by atoms with Gasteiger partial charge in [0.1, 0.15) is 23.0 Å². The Bertz CT molecular complexity index is 2440. The first kappa shape index (κ1) is 30.7. The SMILES string of the molecule is COC(=O)c1ccc(Oc2ccc3ccccc3c2-c2c(Oc3ccc(C(=O)OC)c4ccccc34)ccc3ccccc23)c2ccccc12. The van der Waals surface area contributed by atoms with Crippen molar-refractivity contribution in [3.63, 3.8) is 0 Å². The van der Waals surface area contributed by atoms with E-state index in [0.29, 0.717) is 34.1 Å². The van der Waals surface area contributed by atoms with Crippen molar-refractivity contribution in [2.45, 2.75) is 0 Å². The number of hydrogen-bond donors (Lipinski definition) is 0. The highest BCUT2D eigenvalue weighted by Crippen LogP contribution is 2.49. The second-order valence-electron chi connectivity index (χ2n) is 11.8. The van der Waals surface area contributed by atoms with Gasteiger partial charge >= 0.3 is 11.9 Å². The number of hydrogen-bond acceptors (Lipinski definition) is 6. The Balaban J connectivity index is 1.37. The van der Waals surface area contributed by atoms with Gasteiger partial charge in [-0.05, 0) is 68.7 Å². The lowest BCUT2D eigenvalue weighted by Crippen LogP contribution is -2.03. The minimum Gasteiger partial charge on any atom is -0.465 e. The molecule has 0 aliphatic rings. The van der Waals surface area contributed by atoms with Crippen molar-refractivity contribution in [1.82, 2.24) is 0 Å². The van der Waals surface area contributed by atoms with Crippen molar-refractivity contribution in [2.75, 3.05) is 14.2 Å². The van der Waals surface area contributed by atoms with Crippen molar-refractivity contribution >= 4 is 55.0 Å². The maximum atomic E-state index is 12.6. The molecular weight excluding hydrogens is 624 g/mol. The number of rotatable bonds is 7. The van der Waals surface area contributed by atoms with Crippen molar-refractivity contribution in [1.29, 1.82) is 0 Å². The second-order valence-corrected chi connectivity index (χ2v) is 11.8. The van der Waals surface area contributed by atoms with Crippen molar-refractivity contribution in [3.05, 3.63) is 157 Å². The van der Waals surface area contributed by atoms with Gasteiger partial charge in [0, 0.05) is 21.9 Å². The number of fused-ring (bicyclic) bond motifs is 4. The maximum absolute atomic E-state index is 12.6. The molecule has 6 nitrogen and oxygen atoms in total. The normalized spacial score (nSPS) is 11.2. The molecule has 242 valence electrons. The van der Waals surface area contributed by atoms with Gasteiger partial charge in [-0.2, -0.15) is 0 Å². The van der Waals surface area contributed by atoms with Gasteiger partial charge in [-0.3, -0.25) is 0 Å². The van der Waals surface area contributed by atoms with Gasteiger partial charge in [0.05, 0.1) is 25.3 Å². The van der Waals surface area contributed by atoms with Crippen LogP contribution in [0.25, 0.3) is 54.2 Å². The molecule has 0 unspecified atom stereocenters. The number of carbonyl (C=O) groups is 2. The van der Waals surface area contributed by atoms with Crippen LogP contribution in [0, 0.1) is 0 Å². The van der Waals surface area contributed by atoms with E-state index in [1.165, 1.54) is 14.2 Å². The van der Waals surface area contributed by atoms with E-state index in [-0.39, 0.29) is 0 Å². The molecule has 0 atom stereocenters. The third-order valence-corrected chi connectivity index (χ3v) is 9.05. The number of carbonyl (C=O) groups excluding carboxylic acids is 2. The van der Waals surface area contributed by atoms with Crippen LogP contribution in [0.3, 0.4) is 0 Å². The molecule has 0 N–H and O–H groups in total. The highest BCUT2D eigenvalue weighted by atomic mass is 16.5. The number of methoxy groups -OCH3 is 2. The zero-order valence-electron chi connectivity index (χ0n) is 27.3. The number of ether oxygens (including phenoxy) is 4. The first-order chi connectivity index (χ1) is 24.6. The lowest BCUT2D eigenvalue weighted by molar-refractivity contribution is 0.0594. The smallest absolute Gasteiger partial charge is 0.338 e. The average Bonchev–Trinajstić information content (AvgIpc) is 3.17. The largest absolute Gasteiger partial charge is 0.465 e. The van der Waals surface area contributed by atoms with Gasteiger partial charge < -0.3 is 18.9 Å². The Labute approximate surface area is 288 Å². The molecule has 0 bridgehead atoms. The summed E-state index contributed by atoms with van der Waals surface area (Å²) in [7, 11) is 2.76. The Morgan fingerprint density at radius 2 is 0.700 bits per heavy atom. The lowest BCUT2D eigenvalue weighted by atomic mass is 9.92. The summed E-state index contributed by atoms with van der Waals surface area (Å²) >= 11 is 0. The molecular formula is C44H30O6. The van der Waals surface area contributed by atoms with Crippen molar-refractivity contribution in [3.8, 4) is 34.1 Å². The maximum Gasteiger partial charge on any atom is 0.338 e. The first-order valence-electron chi connectivity index (χ1n) is 16.2. The molecule has 0 spiro atoms. The summed E-state index contributed by atoms with van der Waals surface area (Å²) in [6.07, 6.45) is 0. The Morgan fingerprint density at radius 1 is 0.360 bits per heavy atom. The molecule has 50 heavy (non-hydrogen) atoms. The molecule has 0 amide bonds. The van der Waals surface area contributed by atoms with Crippen LogP contribution in [0.2, 0.25) is 0 Å². The molecule has 0 aromatic heterocycles. The number of benzene rings is 8. The quantitative estimate of drug-likeness (QED) is 0.159. The fraction of sp³-hybridized carbons (Fsp3) is 0.0455. The van der Waals surface area contributed by atoms with E-state index in [9.17, 15) is 9.59 Å². The van der Waals surface area contributed by atoms with E-state index < -0.39 is 11.9 Å². The van der Waals surface area contributed by atoms with E-state index in [2.05, 4.69) is 24.3 Å². The van der Waals surface area contributed by atoms with Gasteiger partial charge in [-0.25, -0.2) is 9.59 Å². The molecule has 0 aliphatic carbocycles. The summed E-state index contributed by atoms with van der Waals surface area (Å²) in [6, 6.07) is 46.8. The van der Waals surface area contributed by atoms with Gasteiger partial charge in [0.2, 0.25) is 0 Å². The molecule has 0 aliphatic heterocycles. The third kappa shape index (κ3) is 5.24. The minimum atomic E-state index is -0.413. The molecule has 0 fully saturated rings. The van der Waals surface area contributed by atoms with Gasteiger partial charge in [0.15, 0.2) is 0 Å². The summed E-state index contributed by atoms with van der Waals surface area (Å²) in [4.78, 5) is 25.3. The van der Waals surface area contributed by atoms with Crippen molar-refractivity contribution < 1.29 is 28.5 Å². The molecule has 8 aromatic rings. The highest BCUT2D eigenvalue weighted by Gasteiger charge is 2.22. The van der Waals surface area contributed by atoms with Crippen LogP contribution >= 0.6 is 0 Å². The van der Waals surface area contributed by atoms with Crippen LogP contribution in [-0.4, -0.2) is 26.2 Å². The second kappa shape index (κ2) is 12.7. The zero-order valence-corrected chi connectivity index (χ0v) is 27.3. The summed E-state index contributed by atoms with van der Waals surface area (Å²) < 4.78 is 23.9. The molecule has 8 aromatic carbocycles. The molecule has 0 saturated carbocycles. The van der Waals surface area contributed by atoms with Crippen LogP contribution in [0.1, 0.15) is 20.7 Å². The Morgan fingerprint density at radius 3 is 1.10 bits per heavy atom. The summed E-state index contributed by atoms with van der Waals surface area (Å²) in [5.41, 5.74) is 2.63. The summed E-state index contributed by atoms with van der Waals surface area (Å²) in [5, 5.41) is 7.05. The summed E-state index contributed by atoms with van der Waals surface area (Å²) in [6.45, 7) is 0. The van der Waals surface area contributed by atoms with Gasteiger partial charge in [-0.15, -0.1) is 0 Å². The predicted molar refractivity (Wildman–Crippen MR) is 198 cm³/mol. The van der Waals surface area contributed by atoms with E-state index >= 15 is 0 Å².